The summed E-state index contributed by atoms with van der Waals surface area (Å²) in [6, 6.07) is 5.40. The number of aromatic nitrogens is 4. The second-order valence-corrected chi connectivity index (χ2v) is 4.83. The van der Waals surface area contributed by atoms with Gasteiger partial charge in [0.15, 0.2) is 0 Å². The van der Waals surface area contributed by atoms with Gasteiger partial charge in [0.1, 0.15) is 0 Å². The van der Waals surface area contributed by atoms with Crippen LogP contribution in [0, 0.1) is 0 Å². The molecule has 19 heavy (non-hydrogen) atoms. The first-order valence-corrected chi connectivity index (χ1v) is 6.24. The first-order chi connectivity index (χ1) is 9.06. The zero-order valence-corrected chi connectivity index (χ0v) is 11.9. The van der Waals surface area contributed by atoms with Crippen LogP contribution in [0.2, 0.25) is 10.0 Å². The molecular weight excluding hydrogens is 287 g/mol. The summed E-state index contributed by atoms with van der Waals surface area (Å²) in [6.07, 6.45) is 0. The van der Waals surface area contributed by atoms with Crippen molar-refractivity contribution in [3.63, 3.8) is 0 Å². The molecule has 0 aliphatic carbocycles. The molecule has 0 aliphatic rings. The molecule has 0 radical (unpaired) electrons. The number of hydrogen-bond acceptors (Lipinski definition) is 6. The average Bonchev–Trinajstić information content (AvgIpc) is 2.40. The SMILES string of the molecule is CN(C)c1nnc(NCc2ccc(Cl)c(Cl)c2)nn1. The molecule has 0 amide bonds. The van der Waals surface area contributed by atoms with Gasteiger partial charge in [-0.2, -0.15) is 0 Å². The van der Waals surface area contributed by atoms with Gasteiger partial charge >= 0.3 is 0 Å². The normalized spacial score (nSPS) is 10.3. The van der Waals surface area contributed by atoms with E-state index in [0.29, 0.717) is 28.5 Å². The number of benzene rings is 1. The van der Waals surface area contributed by atoms with E-state index < -0.39 is 0 Å². The van der Waals surface area contributed by atoms with Crippen molar-refractivity contribution < 1.29 is 0 Å². The third-order valence-electron chi connectivity index (χ3n) is 2.30. The minimum absolute atomic E-state index is 0.358. The predicted octanol–water partition coefficient (Wildman–Crippen LogP) is 2.25. The number of anilines is 2. The minimum Gasteiger partial charge on any atom is -0.348 e. The summed E-state index contributed by atoms with van der Waals surface area (Å²) >= 11 is 11.8. The Morgan fingerprint density at radius 3 is 2.32 bits per heavy atom. The molecular formula is C11H12Cl2N6. The topological polar surface area (TPSA) is 66.8 Å². The Labute approximate surface area is 120 Å². The van der Waals surface area contributed by atoms with Gasteiger partial charge in [-0.25, -0.2) is 0 Å². The van der Waals surface area contributed by atoms with Crippen LogP contribution in [0.15, 0.2) is 18.2 Å². The van der Waals surface area contributed by atoms with Gasteiger partial charge in [0.2, 0.25) is 0 Å². The molecule has 0 unspecified atom stereocenters. The third-order valence-corrected chi connectivity index (χ3v) is 3.04. The molecule has 0 atom stereocenters. The zero-order chi connectivity index (χ0) is 13.8. The summed E-state index contributed by atoms with van der Waals surface area (Å²) in [5, 5.41) is 19.7. The van der Waals surface area contributed by atoms with Crippen LogP contribution in [0.1, 0.15) is 5.56 Å². The number of rotatable bonds is 4. The van der Waals surface area contributed by atoms with Crippen LogP contribution in [0.25, 0.3) is 0 Å². The lowest BCUT2D eigenvalue weighted by molar-refractivity contribution is 0.819. The Morgan fingerprint density at radius 1 is 1.05 bits per heavy atom. The van der Waals surface area contributed by atoms with Gasteiger partial charge in [0.25, 0.3) is 11.9 Å². The van der Waals surface area contributed by atoms with Gasteiger partial charge in [-0.3, -0.25) is 0 Å². The maximum atomic E-state index is 5.93. The molecule has 1 aromatic carbocycles. The van der Waals surface area contributed by atoms with Crippen LogP contribution in [-0.2, 0) is 6.54 Å². The molecule has 0 saturated heterocycles. The summed E-state index contributed by atoms with van der Waals surface area (Å²) in [4.78, 5) is 1.72. The standard InChI is InChI=1S/C11H12Cl2N6/c1-19(2)11-17-15-10(16-18-11)14-6-7-3-4-8(12)9(13)5-7/h3-5H,6H2,1-2H3,(H,14,15,16). The molecule has 100 valence electrons. The van der Waals surface area contributed by atoms with E-state index in [2.05, 4.69) is 25.7 Å². The second-order valence-electron chi connectivity index (χ2n) is 4.02. The number of halogens is 2. The molecule has 1 N–H and O–H groups in total. The van der Waals surface area contributed by atoms with Gasteiger partial charge in [-0.15, -0.1) is 20.4 Å². The van der Waals surface area contributed by atoms with Crippen molar-refractivity contribution in [1.82, 2.24) is 20.4 Å². The highest BCUT2D eigenvalue weighted by Crippen LogP contribution is 2.22. The summed E-state index contributed by atoms with van der Waals surface area (Å²) in [5.74, 6) is 0.816. The Bertz CT molecular complexity index is 558. The van der Waals surface area contributed by atoms with Crippen LogP contribution >= 0.6 is 23.2 Å². The van der Waals surface area contributed by atoms with E-state index in [1.807, 2.05) is 20.2 Å². The van der Waals surface area contributed by atoms with E-state index in [4.69, 9.17) is 23.2 Å². The number of nitrogens with zero attached hydrogens (tertiary/aromatic N) is 5. The highest BCUT2D eigenvalue weighted by atomic mass is 35.5. The molecule has 1 heterocycles. The maximum absolute atomic E-state index is 5.93. The third kappa shape index (κ3) is 3.65. The van der Waals surface area contributed by atoms with Gasteiger partial charge < -0.3 is 10.2 Å². The molecule has 8 heteroatoms. The van der Waals surface area contributed by atoms with Crippen molar-refractivity contribution in [3.8, 4) is 0 Å². The zero-order valence-electron chi connectivity index (χ0n) is 10.4. The smallest absolute Gasteiger partial charge is 0.264 e. The fourth-order valence-corrected chi connectivity index (χ4v) is 1.63. The Morgan fingerprint density at radius 2 is 1.74 bits per heavy atom. The van der Waals surface area contributed by atoms with E-state index in [1.54, 1.807) is 17.0 Å². The van der Waals surface area contributed by atoms with Crippen LogP contribution in [0.3, 0.4) is 0 Å². The van der Waals surface area contributed by atoms with Crippen molar-refractivity contribution in [3.05, 3.63) is 33.8 Å². The molecule has 0 saturated carbocycles. The van der Waals surface area contributed by atoms with Crippen molar-refractivity contribution >= 4 is 35.1 Å². The maximum Gasteiger partial charge on any atom is 0.264 e. The predicted molar refractivity (Wildman–Crippen MR) is 75.7 cm³/mol. The molecule has 2 aromatic rings. The van der Waals surface area contributed by atoms with Gasteiger partial charge in [-0.1, -0.05) is 29.3 Å². The molecule has 0 spiro atoms. The Balaban J connectivity index is 2.00. The van der Waals surface area contributed by atoms with E-state index >= 15 is 0 Å². The molecule has 1 aromatic heterocycles. The highest BCUT2D eigenvalue weighted by molar-refractivity contribution is 6.42. The minimum atomic E-state index is 0.358. The van der Waals surface area contributed by atoms with Gasteiger partial charge in [0.05, 0.1) is 10.0 Å². The van der Waals surface area contributed by atoms with Crippen molar-refractivity contribution in [1.29, 1.82) is 0 Å². The first-order valence-electron chi connectivity index (χ1n) is 5.49. The average molecular weight is 299 g/mol. The fourth-order valence-electron chi connectivity index (χ4n) is 1.30. The molecule has 0 aliphatic heterocycles. The summed E-state index contributed by atoms with van der Waals surface area (Å²) in [5.41, 5.74) is 0.967. The van der Waals surface area contributed by atoms with Crippen LogP contribution in [0.5, 0.6) is 0 Å². The number of hydrogen-bond donors (Lipinski definition) is 1. The highest BCUT2D eigenvalue weighted by Gasteiger charge is 2.03. The molecule has 0 bridgehead atoms. The van der Waals surface area contributed by atoms with Crippen LogP contribution in [-0.4, -0.2) is 34.5 Å². The van der Waals surface area contributed by atoms with E-state index in [1.165, 1.54) is 0 Å². The van der Waals surface area contributed by atoms with Crippen LogP contribution in [0.4, 0.5) is 11.9 Å². The quantitative estimate of drug-likeness (QED) is 0.934. The van der Waals surface area contributed by atoms with Gasteiger partial charge in [-0.05, 0) is 17.7 Å². The lowest BCUT2D eigenvalue weighted by Crippen LogP contribution is -2.15. The monoisotopic (exact) mass is 298 g/mol. The lowest BCUT2D eigenvalue weighted by atomic mass is 10.2. The van der Waals surface area contributed by atoms with E-state index in [9.17, 15) is 0 Å². The fraction of sp³-hybridized carbons (Fsp3) is 0.273. The number of nitrogens with one attached hydrogen (secondary N) is 1. The van der Waals surface area contributed by atoms with Crippen LogP contribution < -0.4 is 10.2 Å². The van der Waals surface area contributed by atoms with E-state index in [0.717, 1.165) is 5.56 Å². The summed E-state index contributed by atoms with van der Waals surface area (Å²) in [6.45, 7) is 0.515. The molecule has 2 rings (SSSR count). The lowest BCUT2D eigenvalue weighted by Gasteiger charge is -2.08. The van der Waals surface area contributed by atoms with Crippen molar-refractivity contribution in [2.24, 2.45) is 0 Å². The van der Waals surface area contributed by atoms with Gasteiger partial charge in [0, 0.05) is 20.6 Å². The molecule has 6 nitrogen and oxygen atoms in total. The molecule has 0 fully saturated rings. The summed E-state index contributed by atoms with van der Waals surface area (Å²) in [7, 11) is 3.64. The van der Waals surface area contributed by atoms with Crippen molar-refractivity contribution in [2.45, 2.75) is 6.54 Å². The van der Waals surface area contributed by atoms with E-state index in [-0.39, 0.29) is 0 Å². The Hall–Kier alpha value is -1.66. The second kappa shape index (κ2) is 5.99. The Kier molecular flexibility index (Phi) is 4.34. The first kappa shape index (κ1) is 13.8. The largest absolute Gasteiger partial charge is 0.348 e. The summed E-state index contributed by atoms with van der Waals surface area (Å²) < 4.78 is 0. The van der Waals surface area contributed by atoms with Crippen molar-refractivity contribution in [2.75, 3.05) is 24.3 Å².